The lowest BCUT2D eigenvalue weighted by atomic mass is 9.97. The Bertz CT molecular complexity index is 1040. The van der Waals surface area contributed by atoms with E-state index in [1.54, 1.807) is 6.92 Å². The Hall–Kier alpha value is -2.85. The number of fused-ring (bicyclic) bond motifs is 1. The predicted octanol–water partition coefficient (Wildman–Crippen LogP) is 5.51. The van der Waals surface area contributed by atoms with Gasteiger partial charge in [0.25, 0.3) is 0 Å². The Balaban J connectivity index is 1.41. The summed E-state index contributed by atoms with van der Waals surface area (Å²) >= 11 is 0. The molecule has 168 valence electrons. The van der Waals surface area contributed by atoms with Gasteiger partial charge in [0.2, 0.25) is 0 Å². The normalized spacial score (nSPS) is 15.1. The molecule has 0 atom stereocenters. The van der Waals surface area contributed by atoms with E-state index >= 15 is 0 Å². The number of hydrogen-bond donors (Lipinski definition) is 0. The number of rotatable bonds is 9. The predicted molar refractivity (Wildman–Crippen MR) is 130 cm³/mol. The molecule has 0 bridgehead atoms. The molecular formula is C28H33NO3. The van der Waals surface area contributed by atoms with E-state index in [4.69, 9.17) is 9.47 Å². The lowest BCUT2D eigenvalue weighted by Crippen LogP contribution is -2.35. The van der Waals surface area contributed by atoms with E-state index in [1.165, 1.54) is 36.9 Å². The van der Waals surface area contributed by atoms with Gasteiger partial charge in [-0.1, -0.05) is 49.4 Å². The first-order valence-corrected chi connectivity index (χ1v) is 11.7. The van der Waals surface area contributed by atoms with Gasteiger partial charge in [-0.3, -0.25) is 9.69 Å². The van der Waals surface area contributed by atoms with Crippen molar-refractivity contribution < 1.29 is 14.3 Å². The van der Waals surface area contributed by atoms with Crippen LogP contribution in [0.1, 0.15) is 37.8 Å². The van der Waals surface area contributed by atoms with E-state index in [1.807, 2.05) is 24.3 Å². The summed E-state index contributed by atoms with van der Waals surface area (Å²) in [4.78, 5) is 13.9. The fraction of sp³-hybridized carbons (Fsp3) is 0.393. The van der Waals surface area contributed by atoms with Crippen molar-refractivity contribution in [1.82, 2.24) is 4.90 Å². The smallest absolute Gasteiger partial charge is 0.167 e. The maximum Gasteiger partial charge on any atom is 0.167 e. The van der Waals surface area contributed by atoms with Crippen LogP contribution in [0.5, 0.6) is 11.5 Å². The summed E-state index contributed by atoms with van der Waals surface area (Å²) in [5.74, 6) is 2.56. The van der Waals surface area contributed by atoms with Crippen LogP contribution >= 0.6 is 0 Å². The van der Waals surface area contributed by atoms with Crippen molar-refractivity contribution in [3.05, 3.63) is 71.8 Å². The summed E-state index contributed by atoms with van der Waals surface area (Å²) < 4.78 is 11.8. The van der Waals surface area contributed by atoms with Crippen LogP contribution in [0.15, 0.2) is 60.7 Å². The van der Waals surface area contributed by atoms with E-state index in [0.29, 0.717) is 0 Å². The molecule has 1 aliphatic rings. The van der Waals surface area contributed by atoms with Gasteiger partial charge in [-0.05, 0) is 73.3 Å². The number of piperidine rings is 1. The van der Waals surface area contributed by atoms with Crippen LogP contribution in [0, 0.1) is 5.92 Å². The third-order valence-corrected chi connectivity index (χ3v) is 6.29. The van der Waals surface area contributed by atoms with Gasteiger partial charge in [0.15, 0.2) is 5.78 Å². The van der Waals surface area contributed by atoms with Crippen molar-refractivity contribution in [3.8, 4) is 11.5 Å². The molecule has 0 N–H and O–H groups in total. The minimum Gasteiger partial charge on any atom is -0.492 e. The molecule has 4 rings (SSSR count). The Morgan fingerprint density at radius 3 is 2.47 bits per heavy atom. The number of ether oxygens (including phenoxy) is 2. The first-order valence-electron chi connectivity index (χ1n) is 11.7. The first-order chi connectivity index (χ1) is 15.6. The van der Waals surface area contributed by atoms with Crippen molar-refractivity contribution >= 4 is 16.6 Å². The van der Waals surface area contributed by atoms with Crippen LogP contribution in [0.4, 0.5) is 0 Å². The zero-order valence-electron chi connectivity index (χ0n) is 19.2. The van der Waals surface area contributed by atoms with E-state index in [0.717, 1.165) is 47.9 Å². The maximum atomic E-state index is 11.4. The molecule has 4 nitrogen and oxygen atoms in total. The van der Waals surface area contributed by atoms with E-state index in [2.05, 4.69) is 48.2 Å². The lowest BCUT2D eigenvalue weighted by molar-refractivity contribution is -0.118. The number of benzene rings is 3. The van der Waals surface area contributed by atoms with Gasteiger partial charge in [-0.2, -0.15) is 0 Å². The van der Waals surface area contributed by atoms with Crippen LogP contribution < -0.4 is 9.47 Å². The van der Waals surface area contributed by atoms with Crippen molar-refractivity contribution in [2.45, 2.75) is 33.1 Å². The molecule has 1 fully saturated rings. The van der Waals surface area contributed by atoms with Crippen LogP contribution in [-0.4, -0.2) is 43.5 Å². The molecule has 0 unspecified atom stereocenters. The molecule has 0 spiro atoms. The Morgan fingerprint density at radius 1 is 0.969 bits per heavy atom. The van der Waals surface area contributed by atoms with Gasteiger partial charge < -0.3 is 9.47 Å². The zero-order valence-corrected chi connectivity index (χ0v) is 19.2. The number of nitrogens with zero attached hydrogens (tertiary/aromatic N) is 1. The van der Waals surface area contributed by atoms with Crippen LogP contribution in [0.3, 0.4) is 0 Å². The average molecular weight is 432 g/mol. The molecular weight excluding hydrogens is 398 g/mol. The molecule has 32 heavy (non-hydrogen) atoms. The van der Waals surface area contributed by atoms with Gasteiger partial charge in [0.05, 0.1) is 0 Å². The van der Waals surface area contributed by atoms with Crippen molar-refractivity contribution in [3.63, 3.8) is 0 Å². The highest BCUT2D eigenvalue weighted by molar-refractivity contribution is 5.88. The molecule has 4 heteroatoms. The standard InChI is InChI=1S/C28H33NO3/c1-21-13-15-29(16-14-21)17-18-31-25-10-7-23(8-11-25)19-27-26-6-4-3-5-24(26)9-12-28(27)32-20-22(2)30/h3-12,21H,13-20H2,1-2H3. The molecule has 1 saturated heterocycles. The Morgan fingerprint density at radius 2 is 1.72 bits per heavy atom. The number of Topliss-reactive ketones (excluding diaryl/α,β-unsaturated/α-hetero) is 1. The molecule has 0 aliphatic carbocycles. The Kier molecular flexibility index (Phi) is 7.43. The molecule has 0 radical (unpaired) electrons. The Labute approximate surface area is 191 Å². The quantitative estimate of drug-likeness (QED) is 0.448. The third-order valence-electron chi connectivity index (χ3n) is 6.29. The van der Waals surface area contributed by atoms with Crippen LogP contribution in [0.2, 0.25) is 0 Å². The van der Waals surface area contributed by atoms with Gasteiger partial charge in [0.1, 0.15) is 24.7 Å². The molecule has 0 saturated carbocycles. The van der Waals surface area contributed by atoms with Crippen molar-refractivity contribution in [2.75, 3.05) is 32.8 Å². The maximum absolute atomic E-state index is 11.4. The summed E-state index contributed by atoms with van der Waals surface area (Å²) in [6.07, 6.45) is 3.32. The number of hydrogen-bond acceptors (Lipinski definition) is 4. The first kappa shape index (κ1) is 22.3. The molecule has 0 aromatic heterocycles. The van der Waals surface area contributed by atoms with Gasteiger partial charge in [0, 0.05) is 18.5 Å². The van der Waals surface area contributed by atoms with Gasteiger partial charge in [-0.25, -0.2) is 0 Å². The van der Waals surface area contributed by atoms with Crippen LogP contribution in [-0.2, 0) is 11.2 Å². The minimum absolute atomic E-state index is 0.0182. The summed E-state index contributed by atoms with van der Waals surface area (Å²) in [6, 6.07) is 20.7. The SMILES string of the molecule is CC(=O)COc1ccc2ccccc2c1Cc1ccc(OCCN2CCC(C)CC2)cc1. The molecule has 1 aliphatic heterocycles. The molecule has 3 aromatic carbocycles. The minimum atomic E-state index is 0.0182. The van der Waals surface area contributed by atoms with E-state index in [-0.39, 0.29) is 12.4 Å². The fourth-order valence-corrected chi connectivity index (χ4v) is 4.30. The topological polar surface area (TPSA) is 38.8 Å². The van der Waals surface area contributed by atoms with Crippen LogP contribution in [0.25, 0.3) is 10.8 Å². The van der Waals surface area contributed by atoms with Gasteiger partial charge in [-0.15, -0.1) is 0 Å². The van der Waals surface area contributed by atoms with Crippen molar-refractivity contribution in [2.24, 2.45) is 5.92 Å². The second-order valence-corrected chi connectivity index (χ2v) is 8.95. The summed E-state index contributed by atoms with van der Waals surface area (Å²) in [6.45, 7) is 8.05. The highest BCUT2D eigenvalue weighted by atomic mass is 16.5. The highest BCUT2D eigenvalue weighted by Crippen LogP contribution is 2.31. The fourth-order valence-electron chi connectivity index (χ4n) is 4.30. The lowest BCUT2D eigenvalue weighted by Gasteiger charge is -2.29. The van der Waals surface area contributed by atoms with Crippen molar-refractivity contribution in [1.29, 1.82) is 0 Å². The summed E-state index contributed by atoms with van der Waals surface area (Å²) in [7, 11) is 0. The second-order valence-electron chi connectivity index (χ2n) is 8.95. The molecule has 3 aromatic rings. The second kappa shape index (κ2) is 10.6. The van der Waals surface area contributed by atoms with E-state index in [9.17, 15) is 4.79 Å². The zero-order chi connectivity index (χ0) is 22.3. The molecule has 1 heterocycles. The molecule has 0 amide bonds. The highest BCUT2D eigenvalue weighted by Gasteiger charge is 2.15. The van der Waals surface area contributed by atoms with Gasteiger partial charge >= 0.3 is 0 Å². The largest absolute Gasteiger partial charge is 0.492 e. The average Bonchev–Trinajstić information content (AvgIpc) is 2.81. The summed E-state index contributed by atoms with van der Waals surface area (Å²) in [5, 5.41) is 2.33. The summed E-state index contributed by atoms with van der Waals surface area (Å²) in [5.41, 5.74) is 2.30. The van der Waals surface area contributed by atoms with E-state index < -0.39 is 0 Å². The number of carbonyl (C=O) groups is 1. The third kappa shape index (κ3) is 5.89. The number of ketones is 1. The number of likely N-dealkylation sites (tertiary alicyclic amines) is 1. The number of carbonyl (C=O) groups excluding carboxylic acids is 1. The monoisotopic (exact) mass is 431 g/mol.